The zero-order chi connectivity index (χ0) is 20.7. The van der Waals surface area contributed by atoms with Gasteiger partial charge in [-0.2, -0.15) is 13.2 Å². The van der Waals surface area contributed by atoms with E-state index in [-0.39, 0.29) is 12.5 Å². The van der Waals surface area contributed by atoms with Crippen molar-refractivity contribution in [3.63, 3.8) is 0 Å². The number of piperazine rings is 1. The molecule has 0 atom stereocenters. The Hall–Kier alpha value is -2.64. The van der Waals surface area contributed by atoms with Crippen LogP contribution < -0.4 is 5.32 Å². The maximum absolute atomic E-state index is 12.6. The molecule has 154 valence electrons. The summed E-state index contributed by atoms with van der Waals surface area (Å²) in [6, 6.07) is 14.6. The zero-order valence-electron chi connectivity index (χ0n) is 16.0. The van der Waals surface area contributed by atoms with E-state index >= 15 is 0 Å². The van der Waals surface area contributed by atoms with Gasteiger partial charge in [0.25, 0.3) is 0 Å². The first-order valence-electron chi connectivity index (χ1n) is 9.53. The Bertz CT molecular complexity index is 811. The summed E-state index contributed by atoms with van der Waals surface area (Å²) in [6.07, 6.45) is -0.134. The van der Waals surface area contributed by atoms with Crippen LogP contribution in [0.5, 0.6) is 0 Å². The van der Waals surface area contributed by atoms with Gasteiger partial charge in [-0.25, -0.2) is 0 Å². The van der Waals surface area contributed by atoms with Crippen molar-refractivity contribution in [1.82, 2.24) is 9.80 Å². The predicted molar refractivity (Wildman–Crippen MR) is 108 cm³/mol. The first-order valence-corrected chi connectivity index (χ1v) is 9.53. The highest BCUT2D eigenvalue weighted by atomic mass is 19.4. The first kappa shape index (κ1) is 21.1. The van der Waals surface area contributed by atoms with Crippen molar-refractivity contribution in [1.29, 1.82) is 0 Å². The molecule has 29 heavy (non-hydrogen) atoms. The SMILES string of the molecule is O=C(CN1CCN(C/C=C/c2ccccc2)CC1)Nc1ccc(C(F)(F)F)cc1. The standard InChI is InChI=1S/C22H24F3N3O/c23-22(24,25)19-8-10-20(11-9-19)26-21(29)17-28-15-13-27(14-16-28)12-4-7-18-5-2-1-3-6-18/h1-11H,12-17H2,(H,26,29)/b7-4+. The number of alkyl halides is 3. The highest BCUT2D eigenvalue weighted by Gasteiger charge is 2.30. The second-order valence-corrected chi connectivity index (χ2v) is 7.01. The molecule has 1 fully saturated rings. The molecule has 1 aliphatic rings. The van der Waals surface area contributed by atoms with Crippen molar-refractivity contribution in [2.75, 3.05) is 44.6 Å². The lowest BCUT2D eigenvalue weighted by molar-refractivity contribution is -0.137. The summed E-state index contributed by atoms with van der Waals surface area (Å²) in [6.45, 7) is 4.38. The molecule has 1 saturated heterocycles. The molecule has 1 aliphatic heterocycles. The second kappa shape index (κ2) is 9.71. The van der Waals surface area contributed by atoms with E-state index in [1.165, 1.54) is 17.7 Å². The van der Waals surface area contributed by atoms with Gasteiger partial charge in [0, 0.05) is 38.4 Å². The lowest BCUT2D eigenvalue weighted by Gasteiger charge is -2.33. The third kappa shape index (κ3) is 6.73. The Morgan fingerprint density at radius 3 is 2.17 bits per heavy atom. The van der Waals surface area contributed by atoms with Crippen LogP contribution in [0.1, 0.15) is 11.1 Å². The van der Waals surface area contributed by atoms with Crippen LogP contribution in [0, 0.1) is 0 Å². The lowest BCUT2D eigenvalue weighted by Crippen LogP contribution is -2.48. The average molecular weight is 403 g/mol. The van der Waals surface area contributed by atoms with Crippen molar-refractivity contribution in [2.45, 2.75) is 6.18 Å². The molecule has 1 N–H and O–H groups in total. The Morgan fingerprint density at radius 2 is 1.55 bits per heavy atom. The van der Waals surface area contributed by atoms with Crippen LogP contribution in [0.3, 0.4) is 0 Å². The molecule has 0 aromatic heterocycles. The van der Waals surface area contributed by atoms with Crippen LogP contribution in [0.4, 0.5) is 18.9 Å². The number of hydrogen-bond acceptors (Lipinski definition) is 3. The highest BCUT2D eigenvalue weighted by molar-refractivity contribution is 5.92. The van der Waals surface area contributed by atoms with Gasteiger partial charge in [0.1, 0.15) is 0 Å². The molecular weight excluding hydrogens is 379 g/mol. The van der Waals surface area contributed by atoms with Gasteiger partial charge in [0.2, 0.25) is 5.91 Å². The maximum atomic E-state index is 12.6. The molecule has 0 spiro atoms. The third-order valence-electron chi connectivity index (χ3n) is 4.80. The predicted octanol–water partition coefficient (Wildman–Crippen LogP) is 3.97. The second-order valence-electron chi connectivity index (χ2n) is 7.01. The summed E-state index contributed by atoms with van der Waals surface area (Å²) >= 11 is 0. The fourth-order valence-corrected chi connectivity index (χ4v) is 3.18. The summed E-state index contributed by atoms with van der Waals surface area (Å²) in [4.78, 5) is 16.5. The number of carbonyl (C=O) groups excluding carboxylic acids is 1. The molecular formula is C22H24F3N3O. The molecule has 0 unspecified atom stereocenters. The van der Waals surface area contributed by atoms with Crippen molar-refractivity contribution >= 4 is 17.7 Å². The molecule has 1 heterocycles. The zero-order valence-corrected chi connectivity index (χ0v) is 16.0. The molecule has 0 bridgehead atoms. The monoisotopic (exact) mass is 403 g/mol. The van der Waals surface area contributed by atoms with Crippen LogP contribution in [-0.4, -0.2) is 55.0 Å². The number of nitrogens with zero attached hydrogens (tertiary/aromatic N) is 2. The third-order valence-corrected chi connectivity index (χ3v) is 4.80. The largest absolute Gasteiger partial charge is 0.416 e. The molecule has 1 amide bonds. The molecule has 2 aromatic rings. The van der Waals surface area contributed by atoms with Gasteiger partial charge >= 0.3 is 6.18 Å². The Labute approximate surface area is 168 Å². The first-order chi connectivity index (χ1) is 13.9. The summed E-state index contributed by atoms with van der Waals surface area (Å²) in [5.41, 5.74) is 0.812. The normalized spacial score (nSPS) is 16.2. The van der Waals surface area contributed by atoms with Gasteiger partial charge in [-0.05, 0) is 29.8 Å². The number of hydrogen-bond donors (Lipinski definition) is 1. The van der Waals surface area contributed by atoms with Gasteiger partial charge in [0.05, 0.1) is 12.1 Å². The van der Waals surface area contributed by atoms with Gasteiger partial charge in [0.15, 0.2) is 0 Å². The number of amides is 1. The fourth-order valence-electron chi connectivity index (χ4n) is 3.18. The van der Waals surface area contributed by atoms with Gasteiger partial charge in [-0.1, -0.05) is 42.5 Å². The van der Waals surface area contributed by atoms with E-state index in [0.717, 1.165) is 44.9 Å². The number of halogens is 3. The van der Waals surface area contributed by atoms with Crippen molar-refractivity contribution < 1.29 is 18.0 Å². The number of nitrogens with one attached hydrogen (secondary N) is 1. The van der Waals surface area contributed by atoms with E-state index in [1.54, 1.807) is 0 Å². The molecule has 0 saturated carbocycles. The molecule has 0 aliphatic carbocycles. The summed E-state index contributed by atoms with van der Waals surface area (Å²) in [5.74, 6) is -0.220. The molecule has 3 rings (SSSR count). The molecule has 2 aromatic carbocycles. The van der Waals surface area contributed by atoms with E-state index in [0.29, 0.717) is 5.69 Å². The van der Waals surface area contributed by atoms with Crippen LogP contribution >= 0.6 is 0 Å². The minimum Gasteiger partial charge on any atom is -0.325 e. The Balaban J connectivity index is 1.39. The summed E-state index contributed by atoms with van der Waals surface area (Å²) < 4.78 is 37.8. The van der Waals surface area contributed by atoms with E-state index in [9.17, 15) is 18.0 Å². The number of benzene rings is 2. The van der Waals surface area contributed by atoms with Crippen molar-refractivity contribution in [3.05, 3.63) is 71.8 Å². The topological polar surface area (TPSA) is 35.6 Å². The summed E-state index contributed by atoms with van der Waals surface area (Å²) in [7, 11) is 0. The van der Waals surface area contributed by atoms with Crippen LogP contribution in [0.15, 0.2) is 60.7 Å². The van der Waals surface area contributed by atoms with Crippen LogP contribution in [0.2, 0.25) is 0 Å². The van der Waals surface area contributed by atoms with Crippen LogP contribution in [0.25, 0.3) is 6.08 Å². The Morgan fingerprint density at radius 1 is 0.931 bits per heavy atom. The van der Waals surface area contributed by atoms with E-state index in [4.69, 9.17) is 0 Å². The van der Waals surface area contributed by atoms with E-state index in [1.807, 2.05) is 18.2 Å². The minimum atomic E-state index is -4.38. The molecule has 0 radical (unpaired) electrons. The lowest BCUT2D eigenvalue weighted by atomic mass is 10.2. The van der Waals surface area contributed by atoms with Gasteiger partial charge < -0.3 is 5.32 Å². The summed E-state index contributed by atoms with van der Waals surface area (Å²) in [5, 5.41) is 2.66. The van der Waals surface area contributed by atoms with Crippen LogP contribution in [-0.2, 0) is 11.0 Å². The number of rotatable bonds is 6. The highest BCUT2D eigenvalue weighted by Crippen LogP contribution is 2.29. The van der Waals surface area contributed by atoms with E-state index < -0.39 is 11.7 Å². The van der Waals surface area contributed by atoms with Crippen molar-refractivity contribution in [3.8, 4) is 0 Å². The quantitative estimate of drug-likeness (QED) is 0.793. The number of anilines is 1. The molecule has 7 heteroatoms. The van der Waals surface area contributed by atoms with Gasteiger partial charge in [-0.3, -0.25) is 14.6 Å². The van der Waals surface area contributed by atoms with Crippen molar-refractivity contribution in [2.24, 2.45) is 0 Å². The average Bonchev–Trinajstić information content (AvgIpc) is 2.70. The maximum Gasteiger partial charge on any atom is 0.416 e. The number of carbonyl (C=O) groups is 1. The Kier molecular flexibility index (Phi) is 7.06. The van der Waals surface area contributed by atoms with E-state index in [2.05, 4.69) is 39.4 Å². The minimum absolute atomic E-state index is 0.220. The fraction of sp³-hybridized carbons (Fsp3) is 0.318. The van der Waals surface area contributed by atoms with Gasteiger partial charge in [-0.15, -0.1) is 0 Å². The smallest absolute Gasteiger partial charge is 0.325 e. The molecule has 4 nitrogen and oxygen atoms in total.